The molecule has 3 rings (SSSR count). The van der Waals surface area contributed by atoms with E-state index in [-0.39, 0.29) is 11.4 Å². The first-order valence-electron chi connectivity index (χ1n) is 8.57. The second-order valence-electron chi connectivity index (χ2n) is 6.37. The van der Waals surface area contributed by atoms with Gasteiger partial charge in [-0.2, -0.15) is 0 Å². The van der Waals surface area contributed by atoms with Crippen molar-refractivity contribution in [2.24, 2.45) is 0 Å². The molecule has 0 aromatic heterocycles. The summed E-state index contributed by atoms with van der Waals surface area (Å²) in [5.74, 6) is -0.470. The fourth-order valence-electron chi connectivity index (χ4n) is 2.82. The maximum Gasteiger partial charge on any atom is 0.303 e. The molecule has 0 spiro atoms. The lowest BCUT2D eigenvalue weighted by Gasteiger charge is -2.19. The van der Waals surface area contributed by atoms with Gasteiger partial charge in [0.1, 0.15) is 6.10 Å². The molecule has 140 valence electrons. The van der Waals surface area contributed by atoms with Crippen molar-refractivity contribution in [1.29, 1.82) is 0 Å². The van der Waals surface area contributed by atoms with E-state index in [9.17, 15) is 13.2 Å². The molecule has 0 bridgehead atoms. The van der Waals surface area contributed by atoms with Gasteiger partial charge in [-0.3, -0.25) is 4.79 Å². The average molecular weight is 383 g/mol. The fraction of sp³-hybridized carbons (Fsp3) is 0.190. The molecule has 27 heavy (non-hydrogen) atoms. The number of esters is 1. The highest BCUT2D eigenvalue weighted by molar-refractivity contribution is 7.89. The number of hydrogen-bond acceptors (Lipinski definition) is 4. The number of carbonyl (C=O) groups excluding carboxylic acids is 1. The predicted molar refractivity (Wildman–Crippen MR) is 105 cm³/mol. The highest BCUT2D eigenvalue weighted by Gasteiger charge is 2.20. The Morgan fingerprint density at radius 3 is 2.33 bits per heavy atom. The number of hydrogen-bond donors (Lipinski definition) is 1. The van der Waals surface area contributed by atoms with Crippen LogP contribution in [0.5, 0.6) is 0 Å². The quantitative estimate of drug-likeness (QED) is 0.658. The van der Waals surface area contributed by atoms with E-state index in [2.05, 4.69) is 4.72 Å². The van der Waals surface area contributed by atoms with Gasteiger partial charge >= 0.3 is 5.97 Å². The van der Waals surface area contributed by atoms with E-state index in [0.29, 0.717) is 0 Å². The lowest BCUT2D eigenvalue weighted by atomic mass is 10.0. The summed E-state index contributed by atoms with van der Waals surface area (Å²) in [5, 5.41) is 2.05. The van der Waals surface area contributed by atoms with Crippen molar-refractivity contribution in [3.05, 3.63) is 77.9 Å². The van der Waals surface area contributed by atoms with Gasteiger partial charge in [-0.25, -0.2) is 13.1 Å². The lowest BCUT2D eigenvalue weighted by Crippen LogP contribution is -2.30. The van der Waals surface area contributed by atoms with Crippen molar-refractivity contribution in [1.82, 2.24) is 4.72 Å². The first-order valence-corrected chi connectivity index (χ1v) is 10.1. The van der Waals surface area contributed by atoms with Crippen LogP contribution >= 0.6 is 0 Å². The number of nitrogens with one attached hydrogen (secondary N) is 1. The van der Waals surface area contributed by atoms with Gasteiger partial charge in [0.2, 0.25) is 10.0 Å². The molecule has 1 atom stereocenters. The second kappa shape index (κ2) is 7.90. The molecule has 0 saturated heterocycles. The van der Waals surface area contributed by atoms with Gasteiger partial charge in [0.25, 0.3) is 0 Å². The van der Waals surface area contributed by atoms with Crippen LogP contribution in [0.4, 0.5) is 0 Å². The number of benzene rings is 3. The lowest BCUT2D eigenvalue weighted by molar-refractivity contribution is -0.146. The number of ether oxygens (including phenoxy) is 1. The largest absolute Gasteiger partial charge is 0.456 e. The van der Waals surface area contributed by atoms with Crippen molar-refractivity contribution in [3.63, 3.8) is 0 Å². The number of fused-ring (bicyclic) bond motifs is 1. The normalized spacial score (nSPS) is 12.7. The highest BCUT2D eigenvalue weighted by Crippen LogP contribution is 2.23. The molecule has 3 aromatic rings. The van der Waals surface area contributed by atoms with Crippen molar-refractivity contribution in [2.45, 2.75) is 24.8 Å². The second-order valence-corrected chi connectivity index (χ2v) is 8.14. The molecule has 5 nitrogen and oxygen atoms in total. The molecular formula is C21H21NO4S. The van der Waals surface area contributed by atoms with E-state index in [1.807, 2.05) is 49.4 Å². The zero-order chi connectivity index (χ0) is 19.4. The van der Waals surface area contributed by atoms with Gasteiger partial charge in [-0.05, 0) is 41.5 Å². The van der Waals surface area contributed by atoms with Crippen LogP contribution in [0.25, 0.3) is 10.8 Å². The minimum absolute atomic E-state index is 0.0475. The van der Waals surface area contributed by atoms with Crippen LogP contribution in [0.15, 0.2) is 71.6 Å². The number of rotatable bonds is 6. The SMILES string of the molecule is CC(=O)OC(CNS(=O)(=O)c1ccc(C)cc1)c1ccc2ccccc2c1. The van der Waals surface area contributed by atoms with Gasteiger partial charge in [-0.1, -0.05) is 54.1 Å². The number of carbonyl (C=O) groups is 1. The van der Waals surface area contributed by atoms with Crippen LogP contribution in [0.1, 0.15) is 24.2 Å². The molecule has 1 N–H and O–H groups in total. The molecule has 0 radical (unpaired) electrons. The van der Waals surface area contributed by atoms with Crippen molar-refractivity contribution in [2.75, 3.05) is 6.54 Å². The molecule has 3 aromatic carbocycles. The van der Waals surface area contributed by atoms with Crippen LogP contribution in [-0.4, -0.2) is 20.9 Å². The molecule has 0 fully saturated rings. The fourth-order valence-corrected chi connectivity index (χ4v) is 3.85. The molecule has 0 amide bonds. The van der Waals surface area contributed by atoms with Crippen molar-refractivity contribution >= 4 is 26.8 Å². The van der Waals surface area contributed by atoms with E-state index < -0.39 is 22.1 Å². The van der Waals surface area contributed by atoms with E-state index in [1.165, 1.54) is 6.92 Å². The Bertz CT molecular complexity index is 1060. The minimum atomic E-state index is -3.70. The summed E-state index contributed by atoms with van der Waals surface area (Å²) in [7, 11) is -3.70. The summed E-state index contributed by atoms with van der Waals surface area (Å²) < 4.78 is 33.0. The molecule has 6 heteroatoms. The zero-order valence-corrected chi connectivity index (χ0v) is 16.0. The molecular weight excluding hydrogens is 362 g/mol. The highest BCUT2D eigenvalue weighted by atomic mass is 32.2. The Kier molecular flexibility index (Phi) is 5.58. The topological polar surface area (TPSA) is 72.5 Å². The Labute approximate surface area is 159 Å². The predicted octanol–water partition coefficient (Wildman–Crippen LogP) is 3.73. The van der Waals surface area contributed by atoms with Crippen molar-refractivity contribution in [3.8, 4) is 0 Å². The van der Waals surface area contributed by atoms with Gasteiger partial charge in [0, 0.05) is 6.92 Å². The summed E-state index contributed by atoms with van der Waals surface area (Å²) in [6, 6.07) is 20.1. The Hall–Kier alpha value is -2.70. The first-order chi connectivity index (χ1) is 12.8. The molecule has 0 aliphatic rings. The summed E-state index contributed by atoms with van der Waals surface area (Å²) in [4.78, 5) is 11.7. The maximum absolute atomic E-state index is 12.5. The van der Waals surface area contributed by atoms with E-state index in [0.717, 1.165) is 21.9 Å². The van der Waals surface area contributed by atoms with E-state index >= 15 is 0 Å². The summed E-state index contributed by atoms with van der Waals surface area (Å²) in [6.07, 6.45) is -0.715. The number of sulfonamides is 1. The molecule has 0 aliphatic carbocycles. The third-order valence-electron chi connectivity index (χ3n) is 4.24. The van der Waals surface area contributed by atoms with Crippen LogP contribution in [0.2, 0.25) is 0 Å². The molecule has 0 heterocycles. The van der Waals surface area contributed by atoms with Gasteiger partial charge in [0.05, 0.1) is 11.4 Å². The summed E-state index contributed by atoms with van der Waals surface area (Å²) in [5.41, 5.74) is 1.71. The maximum atomic E-state index is 12.5. The van der Waals surface area contributed by atoms with Gasteiger partial charge in [-0.15, -0.1) is 0 Å². The van der Waals surface area contributed by atoms with Gasteiger partial charge < -0.3 is 4.74 Å². The van der Waals surface area contributed by atoms with Crippen LogP contribution in [0, 0.1) is 6.92 Å². The third-order valence-corrected chi connectivity index (χ3v) is 5.68. The number of aryl methyl sites for hydroxylation is 1. The minimum Gasteiger partial charge on any atom is -0.456 e. The molecule has 0 aliphatic heterocycles. The Morgan fingerprint density at radius 2 is 1.67 bits per heavy atom. The summed E-state index contributed by atoms with van der Waals surface area (Å²) in [6.45, 7) is 3.15. The third kappa shape index (κ3) is 4.72. The van der Waals surface area contributed by atoms with Crippen molar-refractivity contribution < 1.29 is 17.9 Å². The van der Waals surface area contributed by atoms with Crippen LogP contribution in [-0.2, 0) is 19.6 Å². The van der Waals surface area contributed by atoms with E-state index in [4.69, 9.17) is 4.74 Å². The van der Waals surface area contributed by atoms with Crippen LogP contribution < -0.4 is 4.72 Å². The van der Waals surface area contributed by atoms with Crippen LogP contribution in [0.3, 0.4) is 0 Å². The summed E-state index contributed by atoms with van der Waals surface area (Å²) >= 11 is 0. The Balaban J connectivity index is 1.84. The Morgan fingerprint density at radius 1 is 1.00 bits per heavy atom. The standard InChI is InChI=1S/C21H21NO4S/c1-15-7-11-20(12-8-15)27(24,25)22-14-21(26-16(2)23)19-10-9-17-5-3-4-6-18(17)13-19/h3-13,21-22H,14H2,1-2H3. The first kappa shape index (κ1) is 19.1. The smallest absolute Gasteiger partial charge is 0.303 e. The van der Waals surface area contributed by atoms with Gasteiger partial charge in [0.15, 0.2) is 0 Å². The monoisotopic (exact) mass is 383 g/mol. The zero-order valence-electron chi connectivity index (χ0n) is 15.2. The average Bonchev–Trinajstić information content (AvgIpc) is 2.65. The van der Waals surface area contributed by atoms with E-state index in [1.54, 1.807) is 24.3 Å². The molecule has 1 unspecified atom stereocenters. The molecule has 0 saturated carbocycles.